The quantitative estimate of drug-likeness (QED) is 0.864. The number of nitrogens with zero attached hydrogens (tertiary/aromatic N) is 1. The summed E-state index contributed by atoms with van der Waals surface area (Å²) >= 11 is 0. The molecule has 0 aromatic carbocycles. The van der Waals surface area contributed by atoms with Gasteiger partial charge in [0.15, 0.2) is 0 Å². The number of rotatable bonds is 4. The molecule has 1 aromatic rings. The summed E-state index contributed by atoms with van der Waals surface area (Å²) in [4.78, 5) is 16.3. The summed E-state index contributed by atoms with van der Waals surface area (Å²) in [7, 11) is 0. The highest BCUT2D eigenvalue weighted by Crippen LogP contribution is 2.16. The van der Waals surface area contributed by atoms with Crippen LogP contribution in [0.4, 0.5) is 5.82 Å². The number of anilines is 1. The van der Waals surface area contributed by atoms with Crippen LogP contribution in [0.2, 0.25) is 0 Å². The van der Waals surface area contributed by atoms with Crippen LogP contribution in [0.5, 0.6) is 0 Å². The first-order chi connectivity index (χ1) is 9.06. The number of carbonyl (C=O) groups excluding carboxylic acids is 1. The highest BCUT2D eigenvalue weighted by Gasteiger charge is 2.17. The molecule has 0 aliphatic carbocycles. The van der Waals surface area contributed by atoms with Crippen LogP contribution in [0.15, 0.2) is 12.1 Å². The van der Waals surface area contributed by atoms with Gasteiger partial charge in [0.25, 0.3) is 5.91 Å². The molecule has 1 aliphatic heterocycles. The molecule has 2 rings (SSSR count). The smallest absolute Gasteiger partial charge is 0.251 e. The van der Waals surface area contributed by atoms with Gasteiger partial charge in [0.1, 0.15) is 5.82 Å². The van der Waals surface area contributed by atoms with Crippen LogP contribution in [0.25, 0.3) is 0 Å². The first-order valence-electron chi connectivity index (χ1n) is 6.69. The lowest BCUT2D eigenvalue weighted by atomic mass is 10.1. The molecule has 5 heteroatoms. The Balaban J connectivity index is 2.01. The molecule has 1 fully saturated rings. The van der Waals surface area contributed by atoms with Crippen LogP contribution in [0.3, 0.4) is 0 Å². The van der Waals surface area contributed by atoms with Gasteiger partial charge in [0.2, 0.25) is 0 Å². The highest BCUT2D eigenvalue weighted by molar-refractivity contribution is 5.94. The van der Waals surface area contributed by atoms with Crippen molar-refractivity contribution in [3.8, 4) is 0 Å². The zero-order chi connectivity index (χ0) is 13.8. The second-order valence-electron chi connectivity index (χ2n) is 5.30. The largest absolute Gasteiger partial charge is 0.384 e. The molecule has 1 aliphatic rings. The van der Waals surface area contributed by atoms with Crippen LogP contribution in [-0.4, -0.2) is 30.6 Å². The Morgan fingerprint density at radius 2 is 2.37 bits per heavy atom. The van der Waals surface area contributed by atoms with E-state index in [1.165, 1.54) is 0 Å². The number of pyridine rings is 1. The summed E-state index contributed by atoms with van der Waals surface area (Å²) in [5.41, 5.74) is 7.16. The Morgan fingerprint density at radius 1 is 1.58 bits per heavy atom. The molecule has 0 saturated carbocycles. The van der Waals surface area contributed by atoms with Gasteiger partial charge in [-0.15, -0.1) is 0 Å². The van der Waals surface area contributed by atoms with Gasteiger partial charge in [-0.2, -0.15) is 0 Å². The van der Waals surface area contributed by atoms with E-state index in [4.69, 9.17) is 10.5 Å². The fourth-order valence-electron chi connectivity index (χ4n) is 2.08. The maximum atomic E-state index is 12.1. The van der Waals surface area contributed by atoms with Crippen molar-refractivity contribution in [2.24, 2.45) is 5.92 Å². The molecule has 1 saturated heterocycles. The van der Waals surface area contributed by atoms with Crippen molar-refractivity contribution >= 4 is 11.7 Å². The summed E-state index contributed by atoms with van der Waals surface area (Å²) in [5.74, 6) is 0.967. The van der Waals surface area contributed by atoms with E-state index < -0.39 is 0 Å². The summed E-state index contributed by atoms with van der Waals surface area (Å²) in [6, 6.07) is 3.42. The number of nitrogens with one attached hydrogen (secondary N) is 1. The fourth-order valence-corrected chi connectivity index (χ4v) is 2.08. The number of amides is 1. The van der Waals surface area contributed by atoms with E-state index in [-0.39, 0.29) is 11.8 Å². The van der Waals surface area contributed by atoms with E-state index in [1.807, 2.05) is 19.9 Å². The summed E-state index contributed by atoms with van der Waals surface area (Å²) < 4.78 is 5.28. The molecule has 1 aromatic heterocycles. The van der Waals surface area contributed by atoms with Crippen LogP contribution < -0.4 is 11.1 Å². The third-order valence-corrected chi connectivity index (χ3v) is 3.29. The van der Waals surface area contributed by atoms with Gasteiger partial charge >= 0.3 is 0 Å². The summed E-state index contributed by atoms with van der Waals surface area (Å²) in [6.45, 7) is 6.23. The molecule has 5 nitrogen and oxygen atoms in total. The summed E-state index contributed by atoms with van der Waals surface area (Å²) in [6.07, 6.45) is 1.01. The van der Waals surface area contributed by atoms with E-state index in [0.717, 1.165) is 25.3 Å². The van der Waals surface area contributed by atoms with Crippen molar-refractivity contribution in [3.05, 3.63) is 23.4 Å². The van der Waals surface area contributed by atoms with Crippen LogP contribution in [-0.2, 0) is 4.74 Å². The number of hydrogen-bond acceptors (Lipinski definition) is 4. The predicted molar refractivity (Wildman–Crippen MR) is 74.0 cm³/mol. The minimum Gasteiger partial charge on any atom is -0.384 e. The standard InChI is InChI=1S/C14H21N3O2/c1-9(2)12-5-11(6-13(15)17-12)14(18)16-7-10-3-4-19-8-10/h5-6,9-10H,3-4,7-8H2,1-2H3,(H2,15,17)(H,16,18). The van der Waals surface area contributed by atoms with Gasteiger partial charge in [-0.1, -0.05) is 13.8 Å². The van der Waals surface area contributed by atoms with E-state index in [0.29, 0.717) is 23.8 Å². The van der Waals surface area contributed by atoms with E-state index in [2.05, 4.69) is 10.3 Å². The van der Waals surface area contributed by atoms with Crippen molar-refractivity contribution in [3.63, 3.8) is 0 Å². The van der Waals surface area contributed by atoms with Crippen molar-refractivity contribution in [2.45, 2.75) is 26.2 Å². The topological polar surface area (TPSA) is 77.2 Å². The van der Waals surface area contributed by atoms with Gasteiger partial charge in [-0.25, -0.2) is 4.98 Å². The number of aromatic nitrogens is 1. The lowest BCUT2D eigenvalue weighted by Crippen LogP contribution is -2.29. The SMILES string of the molecule is CC(C)c1cc(C(=O)NCC2CCOC2)cc(N)n1. The lowest BCUT2D eigenvalue weighted by Gasteiger charge is -2.11. The zero-order valence-corrected chi connectivity index (χ0v) is 11.5. The van der Waals surface area contributed by atoms with Gasteiger partial charge in [-0.3, -0.25) is 4.79 Å². The first-order valence-corrected chi connectivity index (χ1v) is 6.69. The number of nitrogen functional groups attached to an aromatic ring is 1. The normalized spacial score (nSPS) is 18.8. The molecule has 1 unspecified atom stereocenters. The Bertz CT molecular complexity index is 454. The average Bonchev–Trinajstić information content (AvgIpc) is 2.88. The highest BCUT2D eigenvalue weighted by atomic mass is 16.5. The minimum absolute atomic E-state index is 0.0945. The van der Waals surface area contributed by atoms with Crippen LogP contribution in [0.1, 0.15) is 42.2 Å². The second kappa shape index (κ2) is 6.02. The summed E-state index contributed by atoms with van der Waals surface area (Å²) in [5, 5.41) is 2.93. The molecule has 0 bridgehead atoms. The molecule has 104 valence electrons. The van der Waals surface area contributed by atoms with Crippen molar-refractivity contribution in [1.82, 2.24) is 10.3 Å². The van der Waals surface area contributed by atoms with Gasteiger partial charge in [-0.05, 0) is 24.5 Å². The van der Waals surface area contributed by atoms with Crippen LogP contribution >= 0.6 is 0 Å². The first kappa shape index (κ1) is 13.8. The molecule has 1 atom stereocenters. The Labute approximate surface area is 113 Å². The molecule has 0 radical (unpaired) electrons. The Hall–Kier alpha value is -1.62. The van der Waals surface area contributed by atoms with Gasteiger partial charge in [0.05, 0.1) is 6.61 Å². The van der Waals surface area contributed by atoms with Gasteiger partial charge in [0, 0.05) is 30.3 Å². The monoisotopic (exact) mass is 263 g/mol. The Morgan fingerprint density at radius 3 is 3.00 bits per heavy atom. The third-order valence-electron chi connectivity index (χ3n) is 3.29. The molecular formula is C14H21N3O2. The average molecular weight is 263 g/mol. The van der Waals surface area contributed by atoms with Crippen molar-refractivity contribution in [2.75, 3.05) is 25.5 Å². The molecule has 0 spiro atoms. The number of ether oxygens (including phenoxy) is 1. The maximum absolute atomic E-state index is 12.1. The van der Waals surface area contributed by atoms with Crippen LogP contribution in [0, 0.1) is 5.92 Å². The second-order valence-corrected chi connectivity index (χ2v) is 5.30. The third kappa shape index (κ3) is 3.67. The van der Waals surface area contributed by atoms with Gasteiger partial charge < -0.3 is 15.8 Å². The van der Waals surface area contributed by atoms with E-state index in [9.17, 15) is 4.79 Å². The van der Waals surface area contributed by atoms with Crippen molar-refractivity contribution < 1.29 is 9.53 Å². The maximum Gasteiger partial charge on any atom is 0.251 e. The fraction of sp³-hybridized carbons (Fsp3) is 0.571. The van der Waals surface area contributed by atoms with E-state index in [1.54, 1.807) is 6.07 Å². The minimum atomic E-state index is -0.0945. The van der Waals surface area contributed by atoms with E-state index >= 15 is 0 Å². The molecule has 2 heterocycles. The zero-order valence-electron chi connectivity index (χ0n) is 11.5. The number of nitrogens with two attached hydrogens (primary N) is 1. The Kier molecular flexibility index (Phi) is 4.37. The number of carbonyl (C=O) groups is 1. The number of hydrogen-bond donors (Lipinski definition) is 2. The molecular weight excluding hydrogens is 242 g/mol. The lowest BCUT2D eigenvalue weighted by molar-refractivity contribution is 0.0945. The molecule has 3 N–H and O–H groups in total. The molecule has 19 heavy (non-hydrogen) atoms. The van der Waals surface area contributed by atoms with Crippen molar-refractivity contribution in [1.29, 1.82) is 0 Å². The molecule has 1 amide bonds. The predicted octanol–water partition coefficient (Wildman–Crippen LogP) is 1.55.